The van der Waals surface area contributed by atoms with Crippen LogP contribution in [-0.2, 0) is 6.54 Å². The van der Waals surface area contributed by atoms with E-state index < -0.39 is 12.2 Å². The van der Waals surface area contributed by atoms with Crippen molar-refractivity contribution in [1.29, 1.82) is 0 Å². The van der Waals surface area contributed by atoms with Gasteiger partial charge in [-0.25, -0.2) is 0 Å². The van der Waals surface area contributed by atoms with Gasteiger partial charge in [-0.05, 0) is 24.6 Å². The maximum absolute atomic E-state index is 10.0. The van der Waals surface area contributed by atoms with E-state index in [1.165, 1.54) is 0 Å². The summed E-state index contributed by atoms with van der Waals surface area (Å²) < 4.78 is 0. The first-order valence-electron chi connectivity index (χ1n) is 5.35. The topological polar surface area (TPSA) is 52.5 Å². The monoisotopic (exact) mass is 287 g/mol. The van der Waals surface area contributed by atoms with E-state index in [1.54, 1.807) is 0 Å². The van der Waals surface area contributed by atoms with Crippen LogP contribution in [0.2, 0.25) is 0 Å². The number of nitrogens with one attached hydrogen (secondary N) is 1. The second kappa shape index (κ2) is 7.01. The Balaban J connectivity index is 2.84. The fourth-order valence-corrected chi connectivity index (χ4v) is 2.12. The molecule has 0 fully saturated rings. The number of aliphatic hydroxyl groups excluding tert-OH is 2. The summed E-state index contributed by atoms with van der Waals surface area (Å²) in [4.78, 5) is 0. The molecule has 1 aromatic carbocycles. The van der Waals surface area contributed by atoms with Crippen LogP contribution < -0.4 is 5.32 Å². The van der Waals surface area contributed by atoms with E-state index in [4.69, 9.17) is 0 Å². The van der Waals surface area contributed by atoms with Crippen LogP contribution in [0.3, 0.4) is 0 Å². The molecular formula is C12H18BrNO2. The minimum atomic E-state index is -0.818. The molecule has 0 aliphatic rings. The van der Waals surface area contributed by atoms with Crippen molar-refractivity contribution in [3.05, 3.63) is 35.4 Å². The summed E-state index contributed by atoms with van der Waals surface area (Å²) in [6.07, 6.45) is -1.01. The molecule has 4 heteroatoms. The third-order valence-electron chi connectivity index (χ3n) is 2.51. The van der Waals surface area contributed by atoms with E-state index in [9.17, 15) is 10.2 Å². The molecule has 0 amide bonds. The molecule has 1 aromatic rings. The predicted octanol–water partition coefficient (Wildman–Crippen LogP) is 1.59. The molecule has 0 radical (unpaired) electrons. The van der Waals surface area contributed by atoms with Crippen molar-refractivity contribution in [3.8, 4) is 0 Å². The normalized spacial score (nSPS) is 14.8. The lowest BCUT2D eigenvalue weighted by Gasteiger charge is -2.20. The molecule has 0 saturated carbocycles. The first-order valence-corrected chi connectivity index (χ1v) is 6.47. The zero-order valence-corrected chi connectivity index (χ0v) is 10.9. The van der Waals surface area contributed by atoms with Gasteiger partial charge < -0.3 is 15.5 Å². The highest BCUT2D eigenvalue weighted by molar-refractivity contribution is 9.09. The number of aliphatic hydroxyl groups is 2. The van der Waals surface area contributed by atoms with E-state index in [2.05, 4.69) is 21.2 Å². The van der Waals surface area contributed by atoms with Gasteiger partial charge in [0.1, 0.15) is 6.10 Å². The van der Waals surface area contributed by atoms with Crippen molar-refractivity contribution < 1.29 is 10.2 Å². The fraction of sp³-hybridized carbons (Fsp3) is 0.500. The van der Waals surface area contributed by atoms with Crippen LogP contribution in [0, 0.1) is 0 Å². The molecule has 3 nitrogen and oxygen atoms in total. The lowest BCUT2D eigenvalue weighted by atomic mass is 9.97. The third kappa shape index (κ3) is 3.56. The minimum Gasteiger partial charge on any atom is -0.390 e. The first-order chi connectivity index (χ1) is 7.70. The number of alkyl halides is 1. The second-order valence-electron chi connectivity index (χ2n) is 3.72. The number of hydrogen-bond acceptors (Lipinski definition) is 3. The summed E-state index contributed by atoms with van der Waals surface area (Å²) >= 11 is 3.26. The van der Waals surface area contributed by atoms with Crippen LogP contribution in [0.4, 0.5) is 0 Å². The van der Waals surface area contributed by atoms with Crippen molar-refractivity contribution in [2.24, 2.45) is 0 Å². The van der Waals surface area contributed by atoms with Crippen LogP contribution in [0.5, 0.6) is 0 Å². The van der Waals surface area contributed by atoms with E-state index in [1.807, 2.05) is 31.3 Å². The molecule has 16 heavy (non-hydrogen) atoms. The maximum Gasteiger partial charge on any atom is 0.105 e. The third-order valence-corrected chi connectivity index (χ3v) is 2.97. The minimum absolute atomic E-state index is 0.537. The van der Waals surface area contributed by atoms with Crippen LogP contribution in [-0.4, -0.2) is 28.7 Å². The van der Waals surface area contributed by atoms with E-state index in [0.29, 0.717) is 18.3 Å². The standard InChI is InChI=1S/C12H18BrNO2/c1-14-8-9-4-2-3-5-10(9)12(16)11(15)6-7-13/h2-5,11-12,14-16H,6-8H2,1H3. The van der Waals surface area contributed by atoms with Gasteiger partial charge in [0.15, 0.2) is 0 Å². The zero-order chi connectivity index (χ0) is 12.0. The van der Waals surface area contributed by atoms with Crippen molar-refractivity contribution in [3.63, 3.8) is 0 Å². The summed E-state index contributed by atoms with van der Waals surface area (Å²) in [7, 11) is 1.86. The highest BCUT2D eigenvalue weighted by Crippen LogP contribution is 2.23. The van der Waals surface area contributed by atoms with Crippen molar-refractivity contribution in [2.75, 3.05) is 12.4 Å². The number of halogens is 1. The maximum atomic E-state index is 10.0. The Morgan fingerprint density at radius 2 is 2.00 bits per heavy atom. The van der Waals surface area contributed by atoms with Gasteiger partial charge in [0, 0.05) is 11.9 Å². The van der Waals surface area contributed by atoms with Gasteiger partial charge in [-0.3, -0.25) is 0 Å². The molecule has 1 rings (SSSR count). The number of rotatable bonds is 6. The van der Waals surface area contributed by atoms with Gasteiger partial charge in [0.25, 0.3) is 0 Å². The van der Waals surface area contributed by atoms with Crippen molar-refractivity contribution in [1.82, 2.24) is 5.32 Å². The van der Waals surface area contributed by atoms with Gasteiger partial charge in [-0.1, -0.05) is 40.2 Å². The molecule has 0 bridgehead atoms. The Kier molecular flexibility index (Phi) is 5.98. The van der Waals surface area contributed by atoms with Gasteiger partial charge in [0.2, 0.25) is 0 Å². The quantitative estimate of drug-likeness (QED) is 0.697. The van der Waals surface area contributed by atoms with Gasteiger partial charge in [0.05, 0.1) is 6.10 Å². The van der Waals surface area contributed by atoms with E-state index in [0.717, 1.165) is 11.1 Å². The average molecular weight is 288 g/mol. The summed E-state index contributed by atoms with van der Waals surface area (Å²) in [5, 5.41) is 23.5. The van der Waals surface area contributed by atoms with Crippen LogP contribution in [0.15, 0.2) is 24.3 Å². The molecular weight excluding hydrogens is 270 g/mol. The molecule has 0 aliphatic heterocycles. The molecule has 90 valence electrons. The fourth-order valence-electron chi connectivity index (χ4n) is 1.65. The van der Waals surface area contributed by atoms with Crippen molar-refractivity contribution >= 4 is 15.9 Å². The Labute approximate surface area is 105 Å². The second-order valence-corrected chi connectivity index (χ2v) is 4.51. The van der Waals surface area contributed by atoms with Crippen LogP contribution in [0.1, 0.15) is 23.7 Å². The smallest absolute Gasteiger partial charge is 0.105 e. The largest absolute Gasteiger partial charge is 0.390 e. The summed E-state index contributed by atoms with van der Waals surface area (Å²) in [5.74, 6) is 0. The molecule has 0 aliphatic carbocycles. The molecule has 2 unspecified atom stereocenters. The Morgan fingerprint density at radius 1 is 1.31 bits per heavy atom. The highest BCUT2D eigenvalue weighted by atomic mass is 79.9. The zero-order valence-electron chi connectivity index (χ0n) is 9.36. The summed E-state index contributed by atoms with van der Waals surface area (Å²) in [6, 6.07) is 7.61. The lowest BCUT2D eigenvalue weighted by Crippen LogP contribution is -2.21. The SMILES string of the molecule is CNCc1ccccc1C(O)C(O)CCBr. The van der Waals surface area contributed by atoms with Gasteiger partial charge in [-0.2, -0.15) is 0 Å². The van der Waals surface area contributed by atoms with Crippen LogP contribution >= 0.6 is 15.9 Å². The molecule has 3 N–H and O–H groups in total. The molecule has 0 spiro atoms. The molecule has 0 saturated heterocycles. The molecule has 0 aromatic heterocycles. The van der Waals surface area contributed by atoms with Gasteiger partial charge in [-0.15, -0.1) is 0 Å². The van der Waals surface area contributed by atoms with Crippen LogP contribution in [0.25, 0.3) is 0 Å². The average Bonchev–Trinajstić information content (AvgIpc) is 2.29. The molecule has 2 atom stereocenters. The predicted molar refractivity (Wildman–Crippen MR) is 68.6 cm³/mol. The van der Waals surface area contributed by atoms with E-state index >= 15 is 0 Å². The lowest BCUT2D eigenvalue weighted by molar-refractivity contribution is 0.0168. The van der Waals surface area contributed by atoms with E-state index in [-0.39, 0.29) is 0 Å². The summed E-state index contributed by atoms with van der Waals surface area (Å²) in [6.45, 7) is 0.689. The summed E-state index contributed by atoms with van der Waals surface area (Å²) in [5.41, 5.74) is 1.82. The number of benzene rings is 1. The first kappa shape index (κ1) is 13.6. The highest BCUT2D eigenvalue weighted by Gasteiger charge is 2.19. The Morgan fingerprint density at radius 3 is 2.62 bits per heavy atom. The van der Waals surface area contributed by atoms with Crippen molar-refractivity contribution in [2.45, 2.75) is 25.2 Å². The molecule has 0 heterocycles. The number of hydrogen-bond donors (Lipinski definition) is 3. The van der Waals surface area contributed by atoms with Gasteiger partial charge >= 0.3 is 0 Å². The Hall–Kier alpha value is -0.420. The Bertz CT molecular complexity index is 320.